The van der Waals surface area contributed by atoms with Gasteiger partial charge in [0, 0.05) is 6.20 Å². The topological polar surface area (TPSA) is 48.0 Å². The van der Waals surface area contributed by atoms with Gasteiger partial charge < -0.3 is 10.3 Å². The Bertz CT molecular complexity index is 558. The first-order chi connectivity index (χ1) is 7.68. The molecule has 1 heterocycles. The molecule has 0 fully saturated rings. The van der Waals surface area contributed by atoms with Crippen molar-refractivity contribution in [2.45, 2.75) is 13.5 Å². The van der Waals surface area contributed by atoms with E-state index in [2.05, 4.69) is 0 Å². The van der Waals surface area contributed by atoms with Crippen LogP contribution in [0.2, 0.25) is 0 Å². The van der Waals surface area contributed by atoms with E-state index in [0.717, 1.165) is 5.56 Å². The Labute approximate surface area is 94.1 Å². The van der Waals surface area contributed by atoms with Gasteiger partial charge in [-0.3, -0.25) is 4.79 Å². The molecule has 0 radical (unpaired) electrons. The van der Waals surface area contributed by atoms with Crippen molar-refractivity contribution in [2.24, 2.45) is 0 Å². The highest BCUT2D eigenvalue weighted by molar-refractivity contribution is 5.34. The molecular weight excluding hydrogens is 200 g/mol. The Kier molecular flexibility index (Phi) is 2.77. The predicted octanol–water partition coefficient (Wildman–Crippen LogP) is 1.79. The summed E-state index contributed by atoms with van der Waals surface area (Å²) in [5, 5.41) is 0. The molecule has 16 heavy (non-hydrogen) atoms. The zero-order valence-electron chi connectivity index (χ0n) is 9.18. The average Bonchev–Trinajstić information content (AvgIpc) is 2.28. The summed E-state index contributed by atoms with van der Waals surface area (Å²) in [7, 11) is 0. The van der Waals surface area contributed by atoms with Crippen LogP contribution in [0.1, 0.15) is 11.1 Å². The van der Waals surface area contributed by atoms with Crippen LogP contribution in [0.15, 0.2) is 47.4 Å². The lowest BCUT2D eigenvalue weighted by Gasteiger charge is -2.08. The molecule has 1 aromatic carbocycles. The first-order valence-corrected chi connectivity index (χ1v) is 5.18. The summed E-state index contributed by atoms with van der Waals surface area (Å²) in [6, 6.07) is 11.4. The fourth-order valence-electron chi connectivity index (χ4n) is 1.65. The van der Waals surface area contributed by atoms with Gasteiger partial charge in [-0.1, -0.05) is 24.3 Å². The summed E-state index contributed by atoms with van der Waals surface area (Å²) in [6.07, 6.45) is 1.76. The Morgan fingerprint density at radius 3 is 2.69 bits per heavy atom. The summed E-state index contributed by atoms with van der Waals surface area (Å²) in [6.45, 7) is 2.60. The second kappa shape index (κ2) is 4.23. The van der Waals surface area contributed by atoms with Crippen LogP contribution in [-0.4, -0.2) is 4.57 Å². The van der Waals surface area contributed by atoms with E-state index in [-0.39, 0.29) is 11.2 Å². The van der Waals surface area contributed by atoms with Gasteiger partial charge in [0.2, 0.25) is 0 Å². The lowest BCUT2D eigenvalue weighted by atomic mass is 10.1. The van der Waals surface area contributed by atoms with Crippen LogP contribution >= 0.6 is 0 Å². The molecule has 0 bridgehead atoms. The van der Waals surface area contributed by atoms with Gasteiger partial charge in [-0.05, 0) is 30.2 Å². The van der Waals surface area contributed by atoms with E-state index in [1.165, 1.54) is 5.56 Å². The highest BCUT2D eigenvalue weighted by Crippen LogP contribution is 2.08. The standard InChI is InChI=1S/C13H14N2O/c1-10-5-2-3-6-11(10)9-15-8-4-7-12(14)13(15)16/h2-8H,9,14H2,1H3. The van der Waals surface area contributed by atoms with E-state index in [1.807, 2.05) is 31.2 Å². The summed E-state index contributed by atoms with van der Waals surface area (Å²) in [5.74, 6) is 0. The molecule has 0 aliphatic heterocycles. The van der Waals surface area contributed by atoms with E-state index >= 15 is 0 Å². The van der Waals surface area contributed by atoms with Crippen molar-refractivity contribution in [3.63, 3.8) is 0 Å². The molecule has 0 amide bonds. The SMILES string of the molecule is Cc1ccccc1Cn1cccc(N)c1=O. The zero-order chi connectivity index (χ0) is 11.5. The molecule has 0 unspecified atom stereocenters. The molecule has 3 heteroatoms. The maximum atomic E-state index is 11.7. The minimum Gasteiger partial charge on any atom is -0.394 e. The van der Waals surface area contributed by atoms with Crippen molar-refractivity contribution in [3.05, 3.63) is 64.1 Å². The lowest BCUT2D eigenvalue weighted by molar-refractivity contribution is 0.758. The molecule has 82 valence electrons. The molecule has 0 aliphatic rings. The first kappa shape index (κ1) is 10.5. The third-order valence-corrected chi connectivity index (χ3v) is 2.65. The van der Waals surface area contributed by atoms with Crippen molar-refractivity contribution in [3.8, 4) is 0 Å². The van der Waals surface area contributed by atoms with Gasteiger partial charge >= 0.3 is 0 Å². The maximum Gasteiger partial charge on any atom is 0.273 e. The van der Waals surface area contributed by atoms with Crippen molar-refractivity contribution in [2.75, 3.05) is 5.73 Å². The number of nitrogens with zero attached hydrogens (tertiary/aromatic N) is 1. The minimum absolute atomic E-state index is 0.134. The third kappa shape index (κ3) is 1.98. The highest BCUT2D eigenvalue weighted by atomic mass is 16.1. The number of anilines is 1. The minimum atomic E-state index is -0.134. The molecule has 1 aromatic heterocycles. The number of hydrogen-bond acceptors (Lipinski definition) is 2. The van der Waals surface area contributed by atoms with Crippen LogP contribution < -0.4 is 11.3 Å². The van der Waals surface area contributed by atoms with E-state index in [9.17, 15) is 4.79 Å². The number of nitrogen functional groups attached to an aromatic ring is 1. The monoisotopic (exact) mass is 214 g/mol. The van der Waals surface area contributed by atoms with Gasteiger partial charge in [-0.2, -0.15) is 0 Å². The summed E-state index contributed by atoms with van der Waals surface area (Å²) >= 11 is 0. The van der Waals surface area contributed by atoms with E-state index in [4.69, 9.17) is 5.73 Å². The number of hydrogen-bond donors (Lipinski definition) is 1. The molecule has 0 atom stereocenters. The van der Waals surface area contributed by atoms with Gasteiger partial charge in [-0.15, -0.1) is 0 Å². The highest BCUT2D eigenvalue weighted by Gasteiger charge is 2.02. The zero-order valence-corrected chi connectivity index (χ0v) is 9.18. The molecule has 0 spiro atoms. The van der Waals surface area contributed by atoms with Crippen LogP contribution in [-0.2, 0) is 6.54 Å². The number of aryl methyl sites for hydroxylation is 1. The Balaban J connectivity index is 2.39. The van der Waals surface area contributed by atoms with Crippen molar-refractivity contribution < 1.29 is 0 Å². The number of benzene rings is 1. The second-order valence-electron chi connectivity index (χ2n) is 3.82. The van der Waals surface area contributed by atoms with Crippen LogP contribution in [0.25, 0.3) is 0 Å². The summed E-state index contributed by atoms with van der Waals surface area (Å²) < 4.78 is 1.62. The number of pyridine rings is 1. The normalized spacial score (nSPS) is 10.3. The van der Waals surface area contributed by atoms with Gasteiger partial charge in [0.25, 0.3) is 5.56 Å². The fraction of sp³-hybridized carbons (Fsp3) is 0.154. The molecule has 2 rings (SSSR count). The van der Waals surface area contributed by atoms with Crippen LogP contribution in [0.3, 0.4) is 0 Å². The molecule has 0 saturated heterocycles. The maximum absolute atomic E-state index is 11.7. The Morgan fingerprint density at radius 2 is 1.94 bits per heavy atom. The molecule has 2 N–H and O–H groups in total. The number of nitrogens with two attached hydrogens (primary N) is 1. The predicted molar refractivity (Wildman–Crippen MR) is 65.4 cm³/mol. The molecule has 0 aliphatic carbocycles. The van der Waals surface area contributed by atoms with E-state index in [0.29, 0.717) is 6.54 Å². The largest absolute Gasteiger partial charge is 0.394 e. The summed E-state index contributed by atoms with van der Waals surface area (Å²) in [5.41, 5.74) is 8.05. The van der Waals surface area contributed by atoms with Crippen molar-refractivity contribution >= 4 is 5.69 Å². The first-order valence-electron chi connectivity index (χ1n) is 5.18. The number of aromatic nitrogens is 1. The lowest BCUT2D eigenvalue weighted by Crippen LogP contribution is -2.22. The quantitative estimate of drug-likeness (QED) is 0.828. The fourth-order valence-corrected chi connectivity index (χ4v) is 1.65. The van der Waals surface area contributed by atoms with Crippen LogP contribution in [0.5, 0.6) is 0 Å². The number of rotatable bonds is 2. The molecule has 2 aromatic rings. The Hall–Kier alpha value is -2.03. The van der Waals surface area contributed by atoms with E-state index < -0.39 is 0 Å². The van der Waals surface area contributed by atoms with Crippen molar-refractivity contribution in [1.29, 1.82) is 0 Å². The molecule has 3 nitrogen and oxygen atoms in total. The van der Waals surface area contributed by atoms with Crippen molar-refractivity contribution in [1.82, 2.24) is 4.57 Å². The van der Waals surface area contributed by atoms with Gasteiger partial charge in [0.15, 0.2) is 0 Å². The van der Waals surface area contributed by atoms with Crippen LogP contribution in [0, 0.1) is 6.92 Å². The van der Waals surface area contributed by atoms with Gasteiger partial charge in [0.1, 0.15) is 0 Å². The van der Waals surface area contributed by atoms with Gasteiger partial charge in [-0.25, -0.2) is 0 Å². The summed E-state index contributed by atoms with van der Waals surface area (Å²) in [4.78, 5) is 11.7. The second-order valence-corrected chi connectivity index (χ2v) is 3.82. The smallest absolute Gasteiger partial charge is 0.273 e. The Morgan fingerprint density at radius 1 is 1.19 bits per heavy atom. The molecular formula is C13H14N2O. The third-order valence-electron chi connectivity index (χ3n) is 2.65. The van der Waals surface area contributed by atoms with E-state index in [1.54, 1.807) is 22.9 Å². The van der Waals surface area contributed by atoms with Gasteiger partial charge in [0.05, 0.1) is 12.2 Å². The molecule has 0 saturated carbocycles. The van der Waals surface area contributed by atoms with Crippen LogP contribution in [0.4, 0.5) is 5.69 Å². The average molecular weight is 214 g/mol.